The number of nitrogens with two attached hydrogens (primary N) is 1. The van der Waals surface area contributed by atoms with Crippen molar-refractivity contribution in [1.29, 1.82) is 0 Å². The van der Waals surface area contributed by atoms with Gasteiger partial charge in [0.1, 0.15) is 11.7 Å². The summed E-state index contributed by atoms with van der Waals surface area (Å²) in [7, 11) is 0. The van der Waals surface area contributed by atoms with E-state index in [-0.39, 0.29) is 17.9 Å². The summed E-state index contributed by atoms with van der Waals surface area (Å²) in [6.07, 6.45) is 1.52. The fraction of sp³-hybridized carbons (Fsp3) is 0.455. The molecule has 0 saturated carbocycles. The maximum Gasteiger partial charge on any atom is 0.268 e. The third kappa shape index (κ3) is 3.82. The Kier molecular flexibility index (Phi) is 4.14. The monoisotopic (exact) mass is 238 g/mol. The first-order valence-corrected chi connectivity index (χ1v) is 5.45. The second-order valence-corrected chi connectivity index (χ2v) is 4.21. The maximum absolute atomic E-state index is 11.7. The molecular formula is C11H18N4O2. The molecule has 2 amide bonds. The van der Waals surface area contributed by atoms with E-state index < -0.39 is 6.04 Å². The Labute approximate surface area is 100.0 Å². The molecule has 0 aliphatic rings. The van der Waals surface area contributed by atoms with Gasteiger partial charge in [-0.2, -0.15) is 0 Å². The number of nitrogens with one attached hydrogen (secondary N) is 3. The molecule has 0 aliphatic carbocycles. The molecular weight excluding hydrogens is 220 g/mol. The summed E-state index contributed by atoms with van der Waals surface area (Å²) in [4.78, 5) is 26.0. The highest BCUT2D eigenvalue weighted by molar-refractivity contribution is 5.96. The molecule has 1 heterocycles. The zero-order chi connectivity index (χ0) is 13.0. The third-order valence-electron chi connectivity index (χ3n) is 2.12. The SMILES string of the molecule is CC(C)NC(=O)C(C)NC(=O)c1cc(N)c[nH]1. The van der Waals surface area contributed by atoms with Crippen LogP contribution in [0.25, 0.3) is 0 Å². The molecule has 1 aromatic heterocycles. The minimum absolute atomic E-state index is 0.0444. The van der Waals surface area contributed by atoms with Crippen molar-refractivity contribution in [3.8, 4) is 0 Å². The summed E-state index contributed by atoms with van der Waals surface area (Å²) < 4.78 is 0. The van der Waals surface area contributed by atoms with Crippen LogP contribution in [0.15, 0.2) is 12.3 Å². The van der Waals surface area contributed by atoms with E-state index in [1.165, 1.54) is 12.3 Å². The molecule has 0 saturated heterocycles. The number of carbonyl (C=O) groups is 2. The van der Waals surface area contributed by atoms with Gasteiger partial charge in [0.2, 0.25) is 5.91 Å². The van der Waals surface area contributed by atoms with Crippen LogP contribution in [-0.2, 0) is 4.79 Å². The van der Waals surface area contributed by atoms with Crippen LogP contribution < -0.4 is 16.4 Å². The van der Waals surface area contributed by atoms with Gasteiger partial charge in [-0.3, -0.25) is 9.59 Å². The van der Waals surface area contributed by atoms with Crippen LogP contribution in [-0.4, -0.2) is 28.9 Å². The lowest BCUT2D eigenvalue weighted by atomic mass is 10.2. The largest absolute Gasteiger partial charge is 0.397 e. The van der Waals surface area contributed by atoms with E-state index in [4.69, 9.17) is 5.73 Å². The van der Waals surface area contributed by atoms with Crippen molar-refractivity contribution in [3.05, 3.63) is 18.0 Å². The Bertz CT molecular complexity index is 411. The number of amides is 2. The standard InChI is InChI=1S/C11H18N4O2/c1-6(2)14-10(16)7(3)15-11(17)9-4-8(12)5-13-9/h4-7,13H,12H2,1-3H3,(H,14,16)(H,15,17). The predicted molar refractivity (Wildman–Crippen MR) is 65.4 cm³/mol. The van der Waals surface area contributed by atoms with Crippen molar-refractivity contribution in [3.63, 3.8) is 0 Å². The average Bonchev–Trinajstić information content (AvgIpc) is 2.63. The number of rotatable bonds is 4. The van der Waals surface area contributed by atoms with Gasteiger partial charge in [0.05, 0.1) is 0 Å². The Balaban J connectivity index is 2.54. The van der Waals surface area contributed by atoms with Crippen LogP contribution in [0.3, 0.4) is 0 Å². The molecule has 0 spiro atoms. The highest BCUT2D eigenvalue weighted by Gasteiger charge is 2.17. The smallest absolute Gasteiger partial charge is 0.268 e. The van der Waals surface area contributed by atoms with Crippen molar-refractivity contribution >= 4 is 17.5 Å². The molecule has 0 bridgehead atoms. The van der Waals surface area contributed by atoms with E-state index >= 15 is 0 Å². The van der Waals surface area contributed by atoms with Gasteiger partial charge in [0, 0.05) is 17.9 Å². The second kappa shape index (κ2) is 5.38. The van der Waals surface area contributed by atoms with Gasteiger partial charge in [0.15, 0.2) is 0 Å². The number of hydrogen-bond donors (Lipinski definition) is 4. The summed E-state index contributed by atoms with van der Waals surface area (Å²) in [6, 6.07) is 0.972. The molecule has 0 aromatic carbocycles. The van der Waals surface area contributed by atoms with Crippen LogP contribution in [0.5, 0.6) is 0 Å². The Morgan fingerprint density at radius 3 is 2.41 bits per heavy atom. The fourth-order valence-corrected chi connectivity index (χ4v) is 1.29. The second-order valence-electron chi connectivity index (χ2n) is 4.21. The molecule has 1 unspecified atom stereocenters. The first-order chi connectivity index (χ1) is 7.90. The molecule has 6 heteroatoms. The maximum atomic E-state index is 11.7. The lowest BCUT2D eigenvalue weighted by Gasteiger charge is -2.15. The van der Waals surface area contributed by atoms with E-state index in [9.17, 15) is 9.59 Å². The molecule has 1 rings (SSSR count). The van der Waals surface area contributed by atoms with Crippen molar-refractivity contribution < 1.29 is 9.59 Å². The molecule has 0 fully saturated rings. The molecule has 0 aliphatic heterocycles. The number of aromatic nitrogens is 1. The highest BCUT2D eigenvalue weighted by atomic mass is 16.2. The number of nitrogen functional groups attached to an aromatic ring is 1. The molecule has 6 nitrogen and oxygen atoms in total. The molecule has 17 heavy (non-hydrogen) atoms. The minimum Gasteiger partial charge on any atom is -0.397 e. The van der Waals surface area contributed by atoms with E-state index in [2.05, 4.69) is 15.6 Å². The molecule has 94 valence electrons. The van der Waals surface area contributed by atoms with E-state index in [1.807, 2.05) is 13.8 Å². The van der Waals surface area contributed by atoms with Crippen molar-refractivity contribution in [2.75, 3.05) is 5.73 Å². The van der Waals surface area contributed by atoms with E-state index in [1.54, 1.807) is 6.92 Å². The quantitative estimate of drug-likeness (QED) is 0.604. The number of carbonyl (C=O) groups excluding carboxylic acids is 2. The predicted octanol–water partition coefficient (Wildman–Crippen LogP) is 0.240. The lowest BCUT2D eigenvalue weighted by molar-refractivity contribution is -0.123. The first kappa shape index (κ1) is 13.1. The zero-order valence-electron chi connectivity index (χ0n) is 10.2. The lowest BCUT2D eigenvalue weighted by Crippen LogP contribution is -2.46. The number of H-pyrrole nitrogens is 1. The first-order valence-electron chi connectivity index (χ1n) is 5.45. The number of hydrogen-bond acceptors (Lipinski definition) is 3. The normalized spacial score (nSPS) is 12.2. The van der Waals surface area contributed by atoms with Crippen molar-refractivity contribution in [2.24, 2.45) is 0 Å². The summed E-state index contributed by atoms with van der Waals surface area (Å²) in [6.45, 7) is 5.35. The van der Waals surface area contributed by atoms with E-state index in [0.29, 0.717) is 11.4 Å². The Morgan fingerprint density at radius 1 is 1.29 bits per heavy atom. The Hall–Kier alpha value is -1.98. The van der Waals surface area contributed by atoms with Crippen LogP contribution in [0.4, 0.5) is 5.69 Å². The molecule has 5 N–H and O–H groups in total. The molecule has 0 radical (unpaired) electrons. The van der Waals surface area contributed by atoms with Gasteiger partial charge in [-0.1, -0.05) is 0 Å². The third-order valence-corrected chi connectivity index (χ3v) is 2.12. The fourth-order valence-electron chi connectivity index (χ4n) is 1.29. The van der Waals surface area contributed by atoms with Crippen LogP contribution >= 0.6 is 0 Å². The van der Waals surface area contributed by atoms with Gasteiger partial charge in [-0.05, 0) is 26.8 Å². The summed E-state index contributed by atoms with van der Waals surface area (Å²) in [5.41, 5.74) is 6.30. The zero-order valence-corrected chi connectivity index (χ0v) is 10.2. The minimum atomic E-state index is -0.588. The van der Waals surface area contributed by atoms with Crippen LogP contribution in [0.1, 0.15) is 31.3 Å². The molecule has 1 atom stereocenters. The van der Waals surface area contributed by atoms with Crippen LogP contribution in [0, 0.1) is 0 Å². The van der Waals surface area contributed by atoms with Crippen molar-refractivity contribution in [2.45, 2.75) is 32.9 Å². The van der Waals surface area contributed by atoms with Gasteiger partial charge in [0.25, 0.3) is 5.91 Å². The van der Waals surface area contributed by atoms with E-state index in [0.717, 1.165) is 0 Å². The molecule has 1 aromatic rings. The number of anilines is 1. The summed E-state index contributed by atoms with van der Waals surface area (Å²) in [5, 5.41) is 5.29. The Morgan fingerprint density at radius 2 is 1.94 bits per heavy atom. The van der Waals surface area contributed by atoms with Gasteiger partial charge in [-0.25, -0.2) is 0 Å². The van der Waals surface area contributed by atoms with Crippen molar-refractivity contribution in [1.82, 2.24) is 15.6 Å². The number of aromatic amines is 1. The van der Waals surface area contributed by atoms with Gasteiger partial charge in [-0.15, -0.1) is 0 Å². The topological polar surface area (TPSA) is 100 Å². The average molecular weight is 238 g/mol. The summed E-state index contributed by atoms with van der Waals surface area (Å²) >= 11 is 0. The van der Waals surface area contributed by atoms with Gasteiger partial charge >= 0.3 is 0 Å². The summed E-state index contributed by atoms with van der Waals surface area (Å²) in [5.74, 6) is -0.569. The van der Waals surface area contributed by atoms with Crippen LogP contribution in [0.2, 0.25) is 0 Å². The highest BCUT2D eigenvalue weighted by Crippen LogP contribution is 2.04. The van der Waals surface area contributed by atoms with Gasteiger partial charge < -0.3 is 21.4 Å².